The van der Waals surface area contributed by atoms with Gasteiger partial charge in [0.2, 0.25) is 0 Å². The summed E-state index contributed by atoms with van der Waals surface area (Å²) >= 11 is 0. The van der Waals surface area contributed by atoms with Gasteiger partial charge in [0.05, 0.1) is 5.69 Å². The van der Waals surface area contributed by atoms with Gasteiger partial charge in [0.15, 0.2) is 0 Å². The van der Waals surface area contributed by atoms with Gasteiger partial charge in [0.1, 0.15) is 0 Å². The van der Waals surface area contributed by atoms with Gasteiger partial charge in [-0.15, -0.1) is 0 Å². The van der Waals surface area contributed by atoms with Crippen LogP contribution in [0.4, 0.5) is 17.1 Å². The van der Waals surface area contributed by atoms with Gasteiger partial charge in [0, 0.05) is 34.2 Å². The zero-order chi connectivity index (χ0) is 43.1. The molecule has 320 valence electrons. The van der Waals surface area contributed by atoms with Crippen molar-refractivity contribution in [2.24, 2.45) is 40.9 Å². The molecule has 6 unspecified atom stereocenters. The number of benzene rings is 7. The van der Waals surface area contributed by atoms with E-state index in [0.29, 0.717) is 17.3 Å². The Hall–Kier alpha value is -6.44. The minimum Gasteiger partial charge on any atom is -0.310 e. The van der Waals surface area contributed by atoms with Crippen molar-refractivity contribution < 1.29 is 0 Å². The van der Waals surface area contributed by atoms with Crippen molar-refractivity contribution in [1.82, 2.24) is 0 Å². The number of hydrogen-bond donors (Lipinski definition) is 0. The SMILES string of the molecule is C1=CC2=CC=CC(c3ccccc3N(c3ccc4c(c3)C3(c5ccccc5-4)C4CC5CC6CC3C564)c3ccccc3-c3cccc4cccc(-c5ccccc5)c34)C2C(C2CCCCC2)=C1. The fraction of sp³-hybridized carbons (Fsp3) is 0.262. The molecule has 0 N–H and O–H groups in total. The van der Waals surface area contributed by atoms with Crippen molar-refractivity contribution >= 4 is 27.8 Å². The van der Waals surface area contributed by atoms with E-state index in [0.717, 1.165) is 23.7 Å². The van der Waals surface area contributed by atoms with Crippen molar-refractivity contribution in [2.75, 3.05) is 4.90 Å². The van der Waals surface area contributed by atoms with Crippen LogP contribution in [0.25, 0.3) is 44.2 Å². The lowest BCUT2D eigenvalue weighted by molar-refractivity contribution is -0.412. The average molecular weight is 850 g/mol. The Morgan fingerprint density at radius 2 is 1.21 bits per heavy atom. The third kappa shape index (κ3) is 4.81. The molecule has 8 aliphatic rings. The van der Waals surface area contributed by atoms with Gasteiger partial charge in [-0.05, 0) is 152 Å². The lowest BCUT2D eigenvalue weighted by atomic mass is 9.11. The summed E-state index contributed by atoms with van der Waals surface area (Å²) in [5.41, 5.74) is 20.3. The van der Waals surface area contributed by atoms with Gasteiger partial charge < -0.3 is 4.90 Å². The second-order valence-corrected chi connectivity index (χ2v) is 21.3. The number of hydrogen-bond acceptors (Lipinski definition) is 1. The molecule has 0 radical (unpaired) electrons. The number of para-hydroxylation sites is 2. The van der Waals surface area contributed by atoms with Crippen LogP contribution in [0, 0.1) is 40.9 Å². The number of fused-ring (bicyclic) bond motifs is 9. The zero-order valence-electron chi connectivity index (χ0n) is 37.6. The third-order valence-electron chi connectivity index (χ3n) is 19.0. The van der Waals surface area contributed by atoms with Crippen LogP contribution in [-0.4, -0.2) is 0 Å². The Labute approximate surface area is 389 Å². The summed E-state index contributed by atoms with van der Waals surface area (Å²) in [4.78, 5) is 2.70. The predicted octanol–water partition coefficient (Wildman–Crippen LogP) is 16.9. The quantitative estimate of drug-likeness (QED) is 0.154. The first-order valence-electron chi connectivity index (χ1n) is 25.3. The van der Waals surface area contributed by atoms with Crippen LogP contribution in [0.2, 0.25) is 0 Å². The maximum Gasteiger partial charge on any atom is 0.0540 e. The molecule has 1 heteroatoms. The van der Waals surface area contributed by atoms with Gasteiger partial charge in [-0.3, -0.25) is 0 Å². The molecular formula is C65H55N. The van der Waals surface area contributed by atoms with Gasteiger partial charge in [0.25, 0.3) is 0 Å². The van der Waals surface area contributed by atoms with Crippen molar-refractivity contribution in [1.29, 1.82) is 0 Å². The fourth-order valence-electron chi connectivity index (χ4n) is 16.5. The van der Waals surface area contributed by atoms with Gasteiger partial charge >= 0.3 is 0 Å². The van der Waals surface area contributed by atoms with E-state index in [-0.39, 0.29) is 11.3 Å². The van der Waals surface area contributed by atoms with Crippen LogP contribution in [0.15, 0.2) is 205 Å². The highest BCUT2D eigenvalue weighted by Gasteiger charge is 2.90. The molecule has 2 spiro atoms. The summed E-state index contributed by atoms with van der Waals surface area (Å²) in [6.45, 7) is 0. The minimum atomic E-state index is 0.125. The topological polar surface area (TPSA) is 3.24 Å². The summed E-state index contributed by atoms with van der Waals surface area (Å²) in [5, 5.41) is 2.57. The van der Waals surface area contributed by atoms with E-state index in [9.17, 15) is 0 Å². The van der Waals surface area contributed by atoms with E-state index in [1.165, 1.54) is 124 Å². The van der Waals surface area contributed by atoms with Crippen molar-refractivity contribution in [3.63, 3.8) is 0 Å². The zero-order valence-corrected chi connectivity index (χ0v) is 37.6. The van der Waals surface area contributed by atoms with E-state index in [4.69, 9.17) is 0 Å². The number of anilines is 3. The first kappa shape index (κ1) is 37.7. The maximum atomic E-state index is 2.70. The van der Waals surface area contributed by atoms with Crippen molar-refractivity contribution in [3.8, 4) is 33.4 Å². The standard InChI is InChI=1S/C65H55N/c1-3-17-41(18-4-1)48-28-13-21-43-23-15-30-54(62(43)48)52-26-8-11-33-58(52)66(59-34-12-9-27-53(59)55-31-16-24-44-22-14-29-49(63(44)55)42-19-5-2-6-20-42)47-35-36-51-50-25-7-10-32-56(50)65(57(51)40-47)60-38-45-37-46-39-61(65)64(45,46)60/h1,3-4,7-18,21-36,40,42,45-46,55,60-61,63H,2,5-6,19-20,37-39H2. The number of rotatable bonds is 7. The Balaban J connectivity index is 0.959. The van der Waals surface area contributed by atoms with Gasteiger partial charge in [-0.25, -0.2) is 0 Å². The minimum absolute atomic E-state index is 0.125. The highest BCUT2D eigenvalue weighted by atomic mass is 15.1. The predicted molar refractivity (Wildman–Crippen MR) is 273 cm³/mol. The lowest BCUT2D eigenvalue weighted by Crippen LogP contribution is -2.88. The largest absolute Gasteiger partial charge is 0.310 e. The van der Waals surface area contributed by atoms with Crippen LogP contribution in [0.3, 0.4) is 0 Å². The average Bonchev–Trinajstić information content (AvgIpc) is 3.66. The second kappa shape index (κ2) is 14.0. The van der Waals surface area contributed by atoms with E-state index < -0.39 is 0 Å². The smallest absolute Gasteiger partial charge is 0.0540 e. The molecule has 7 aromatic rings. The molecule has 6 atom stereocenters. The van der Waals surface area contributed by atoms with Crippen LogP contribution in [0.5, 0.6) is 0 Å². The van der Waals surface area contributed by atoms with Crippen LogP contribution in [0.1, 0.15) is 74.0 Å². The fourth-order valence-corrected chi connectivity index (χ4v) is 16.5. The molecule has 66 heavy (non-hydrogen) atoms. The summed E-state index contributed by atoms with van der Waals surface area (Å²) in [6.07, 6.45) is 25.5. The van der Waals surface area contributed by atoms with E-state index in [1.807, 2.05) is 0 Å². The molecule has 0 saturated heterocycles. The molecule has 0 amide bonds. The molecule has 0 heterocycles. The number of nitrogens with zero attached hydrogens (tertiary/aromatic N) is 1. The highest BCUT2D eigenvalue weighted by molar-refractivity contribution is 6.09. The van der Waals surface area contributed by atoms with Gasteiger partial charge in [-0.2, -0.15) is 0 Å². The molecule has 1 nitrogen and oxygen atoms in total. The molecule has 5 saturated carbocycles. The Bertz CT molecular complexity index is 3250. The number of allylic oxidation sites excluding steroid dienone is 8. The first-order valence-corrected chi connectivity index (χ1v) is 25.3. The maximum absolute atomic E-state index is 2.70. The summed E-state index contributed by atoms with van der Waals surface area (Å²) < 4.78 is 0. The van der Waals surface area contributed by atoms with Crippen molar-refractivity contribution in [3.05, 3.63) is 222 Å². The first-order chi connectivity index (χ1) is 32.7. The normalized spacial score (nSPS) is 29.2. The Morgan fingerprint density at radius 3 is 2.03 bits per heavy atom. The summed E-state index contributed by atoms with van der Waals surface area (Å²) in [5.74, 6) is 4.67. The van der Waals surface area contributed by atoms with Crippen LogP contribution in [-0.2, 0) is 5.41 Å². The van der Waals surface area contributed by atoms with E-state index in [1.54, 1.807) is 16.7 Å². The van der Waals surface area contributed by atoms with E-state index in [2.05, 4.69) is 199 Å². The Morgan fingerprint density at radius 1 is 0.515 bits per heavy atom. The van der Waals surface area contributed by atoms with Crippen LogP contribution >= 0.6 is 0 Å². The molecule has 0 bridgehead atoms. The third-order valence-corrected chi connectivity index (χ3v) is 19.0. The molecule has 0 aliphatic heterocycles. The van der Waals surface area contributed by atoms with Crippen molar-refractivity contribution in [2.45, 2.75) is 62.7 Å². The second-order valence-electron chi connectivity index (χ2n) is 21.3. The van der Waals surface area contributed by atoms with Crippen LogP contribution < -0.4 is 4.90 Å². The molecule has 7 aromatic carbocycles. The summed E-state index contributed by atoms with van der Waals surface area (Å²) in [6, 6.07) is 60.8. The molecular weight excluding hydrogens is 795 g/mol. The van der Waals surface area contributed by atoms with Gasteiger partial charge in [-0.1, -0.05) is 195 Å². The highest BCUT2D eigenvalue weighted by Crippen LogP contribution is 2.95. The molecule has 8 aliphatic carbocycles. The lowest BCUT2D eigenvalue weighted by Gasteiger charge is -2.92. The monoisotopic (exact) mass is 849 g/mol. The molecule has 0 aromatic heterocycles. The molecule has 15 rings (SSSR count). The molecule has 5 fully saturated rings. The Kier molecular flexibility index (Phi) is 8.03. The summed E-state index contributed by atoms with van der Waals surface area (Å²) in [7, 11) is 0. The van der Waals surface area contributed by atoms with E-state index >= 15 is 0 Å².